The molecule has 3 nitrogen and oxygen atoms in total. The molecule has 0 heterocycles. The molecule has 0 aromatic heterocycles. The molecule has 0 aliphatic heterocycles. The van der Waals surface area contributed by atoms with Crippen molar-refractivity contribution in [2.45, 2.75) is 39.7 Å². The van der Waals surface area contributed by atoms with Crippen molar-refractivity contribution in [2.24, 2.45) is 5.92 Å². The highest BCUT2D eigenvalue weighted by Gasteiger charge is 2.16. The highest BCUT2D eigenvalue weighted by atomic mass is 35.5. The predicted octanol–water partition coefficient (Wildman–Crippen LogP) is 1.97. The zero-order chi connectivity index (χ0) is 11.2. The van der Waals surface area contributed by atoms with E-state index in [1.165, 1.54) is 0 Å². The molecule has 0 aliphatic carbocycles. The topological polar surface area (TPSA) is 46.2 Å². The summed E-state index contributed by atoms with van der Waals surface area (Å²) in [6, 6.07) is -0.131. The van der Waals surface area contributed by atoms with Gasteiger partial charge in [0.05, 0.1) is 5.75 Å². The van der Waals surface area contributed by atoms with Crippen LogP contribution < -0.4 is 4.72 Å². The number of sulfonamides is 1. The SMILES string of the molecule is CCCS(=O)(=O)NC(CCl)CC(C)C. The second kappa shape index (κ2) is 6.64. The van der Waals surface area contributed by atoms with Gasteiger partial charge in [0.15, 0.2) is 0 Å². The number of halogens is 1. The Bertz CT molecular complexity index is 239. The minimum Gasteiger partial charge on any atom is -0.212 e. The van der Waals surface area contributed by atoms with Crippen LogP contribution in [0.2, 0.25) is 0 Å². The molecule has 0 fully saturated rings. The van der Waals surface area contributed by atoms with Crippen molar-refractivity contribution in [3.8, 4) is 0 Å². The summed E-state index contributed by atoms with van der Waals surface area (Å²) in [5, 5.41) is 0. The van der Waals surface area contributed by atoms with Crippen LogP contribution in [0.1, 0.15) is 33.6 Å². The van der Waals surface area contributed by atoms with Crippen LogP contribution in [0.3, 0.4) is 0 Å². The van der Waals surface area contributed by atoms with Crippen molar-refractivity contribution in [3.05, 3.63) is 0 Å². The van der Waals surface area contributed by atoms with E-state index in [2.05, 4.69) is 4.72 Å². The lowest BCUT2D eigenvalue weighted by Crippen LogP contribution is -2.38. The zero-order valence-electron chi connectivity index (χ0n) is 9.09. The first-order valence-electron chi connectivity index (χ1n) is 4.97. The molecule has 1 N–H and O–H groups in total. The maximum absolute atomic E-state index is 11.4. The first-order chi connectivity index (χ1) is 6.41. The Balaban J connectivity index is 4.17. The normalized spacial score (nSPS) is 14.6. The van der Waals surface area contributed by atoms with Gasteiger partial charge < -0.3 is 0 Å². The van der Waals surface area contributed by atoms with Gasteiger partial charge in [-0.05, 0) is 18.8 Å². The average Bonchev–Trinajstić information content (AvgIpc) is 2.01. The van der Waals surface area contributed by atoms with Gasteiger partial charge in [-0.1, -0.05) is 20.8 Å². The first kappa shape index (κ1) is 14.2. The van der Waals surface area contributed by atoms with Crippen LogP contribution >= 0.6 is 11.6 Å². The van der Waals surface area contributed by atoms with E-state index in [9.17, 15) is 8.42 Å². The summed E-state index contributed by atoms with van der Waals surface area (Å²) in [7, 11) is -3.12. The Labute approximate surface area is 92.3 Å². The van der Waals surface area contributed by atoms with Crippen LogP contribution in [-0.4, -0.2) is 26.1 Å². The molecule has 0 rings (SSSR count). The maximum atomic E-state index is 11.4. The lowest BCUT2D eigenvalue weighted by atomic mass is 10.1. The minimum absolute atomic E-state index is 0.131. The van der Waals surface area contributed by atoms with E-state index in [1.807, 2.05) is 20.8 Å². The van der Waals surface area contributed by atoms with Crippen LogP contribution in [-0.2, 0) is 10.0 Å². The standard InChI is InChI=1S/C9H20ClNO2S/c1-4-5-14(12,13)11-9(7-10)6-8(2)3/h8-9,11H,4-7H2,1-3H3. The van der Waals surface area contributed by atoms with Crippen LogP contribution in [0, 0.1) is 5.92 Å². The number of rotatable bonds is 7. The van der Waals surface area contributed by atoms with Gasteiger partial charge >= 0.3 is 0 Å². The fourth-order valence-electron chi connectivity index (χ4n) is 1.29. The molecular weight excluding hydrogens is 222 g/mol. The highest BCUT2D eigenvalue weighted by Crippen LogP contribution is 2.07. The zero-order valence-corrected chi connectivity index (χ0v) is 10.7. The summed E-state index contributed by atoms with van der Waals surface area (Å²) < 4.78 is 25.4. The molecule has 1 atom stereocenters. The van der Waals surface area contributed by atoms with E-state index < -0.39 is 10.0 Å². The van der Waals surface area contributed by atoms with Gasteiger partial charge in [0.2, 0.25) is 10.0 Å². The number of alkyl halides is 1. The highest BCUT2D eigenvalue weighted by molar-refractivity contribution is 7.89. The molecule has 0 spiro atoms. The van der Waals surface area contributed by atoms with Gasteiger partial charge in [-0.25, -0.2) is 13.1 Å². The lowest BCUT2D eigenvalue weighted by molar-refractivity contribution is 0.485. The molecule has 0 aromatic rings. The molecule has 0 saturated heterocycles. The summed E-state index contributed by atoms with van der Waals surface area (Å²) >= 11 is 5.69. The van der Waals surface area contributed by atoms with Crippen LogP contribution in [0.5, 0.6) is 0 Å². The summed E-state index contributed by atoms with van der Waals surface area (Å²) in [5.74, 6) is 0.961. The largest absolute Gasteiger partial charge is 0.212 e. The molecule has 0 bridgehead atoms. The Hall–Kier alpha value is 0.200. The quantitative estimate of drug-likeness (QED) is 0.693. The molecule has 0 aliphatic rings. The molecule has 0 radical (unpaired) electrons. The first-order valence-corrected chi connectivity index (χ1v) is 7.16. The predicted molar refractivity (Wildman–Crippen MR) is 61.2 cm³/mol. The smallest absolute Gasteiger partial charge is 0.211 e. The van der Waals surface area contributed by atoms with Gasteiger partial charge in [-0.2, -0.15) is 0 Å². The van der Waals surface area contributed by atoms with E-state index in [1.54, 1.807) is 0 Å². The summed E-state index contributed by atoms with van der Waals surface area (Å²) in [6.07, 6.45) is 1.42. The number of nitrogens with one attached hydrogen (secondary N) is 1. The van der Waals surface area contributed by atoms with E-state index in [0.717, 1.165) is 6.42 Å². The molecule has 0 saturated carbocycles. The van der Waals surface area contributed by atoms with E-state index in [4.69, 9.17) is 11.6 Å². The van der Waals surface area contributed by atoms with Gasteiger partial charge in [0.25, 0.3) is 0 Å². The Morgan fingerprint density at radius 1 is 1.36 bits per heavy atom. The second-order valence-electron chi connectivity index (χ2n) is 3.92. The molecule has 86 valence electrons. The third kappa shape index (κ3) is 6.62. The van der Waals surface area contributed by atoms with Gasteiger partial charge in [0, 0.05) is 11.9 Å². The van der Waals surface area contributed by atoms with Crippen LogP contribution in [0.15, 0.2) is 0 Å². The van der Waals surface area contributed by atoms with E-state index in [0.29, 0.717) is 18.2 Å². The maximum Gasteiger partial charge on any atom is 0.211 e. The fourth-order valence-corrected chi connectivity index (χ4v) is 2.93. The molecule has 14 heavy (non-hydrogen) atoms. The Kier molecular flexibility index (Phi) is 6.74. The molecule has 5 heteroatoms. The molecule has 1 unspecified atom stereocenters. The number of hydrogen-bond donors (Lipinski definition) is 1. The fraction of sp³-hybridized carbons (Fsp3) is 1.00. The molecule has 0 amide bonds. The summed E-state index contributed by atoms with van der Waals surface area (Å²) in [5.41, 5.74) is 0. The third-order valence-corrected chi connectivity index (χ3v) is 3.77. The lowest BCUT2D eigenvalue weighted by Gasteiger charge is -2.17. The third-order valence-electron chi connectivity index (χ3n) is 1.76. The minimum atomic E-state index is -3.12. The van der Waals surface area contributed by atoms with Gasteiger partial charge in [-0.15, -0.1) is 11.6 Å². The number of hydrogen-bond acceptors (Lipinski definition) is 2. The van der Waals surface area contributed by atoms with Crippen molar-refractivity contribution in [2.75, 3.05) is 11.6 Å². The monoisotopic (exact) mass is 241 g/mol. The average molecular weight is 242 g/mol. The van der Waals surface area contributed by atoms with Crippen LogP contribution in [0.4, 0.5) is 0 Å². The van der Waals surface area contributed by atoms with Crippen molar-refractivity contribution in [3.63, 3.8) is 0 Å². The van der Waals surface area contributed by atoms with Gasteiger partial charge in [0.1, 0.15) is 0 Å². The van der Waals surface area contributed by atoms with Crippen molar-refractivity contribution < 1.29 is 8.42 Å². The van der Waals surface area contributed by atoms with Crippen LogP contribution in [0.25, 0.3) is 0 Å². The summed E-state index contributed by atoms with van der Waals surface area (Å²) in [6.45, 7) is 5.94. The van der Waals surface area contributed by atoms with Crippen molar-refractivity contribution >= 4 is 21.6 Å². The molecular formula is C9H20ClNO2S. The van der Waals surface area contributed by atoms with E-state index in [-0.39, 0.29) is 11.8 Å². The van der Waals surface area contributed by atoms with E-state index >= 15 is 0 Å². The van der Waals surface area contributed by atoms with Gasteiger partial charge in [-0.3, -0.25) is 0 Å². The molecule has 0 aromatic carbocycles. The Morgan fingerprint density at radius 2 is 1.93 bits per heavy atom. The second-order valence-corrected chi connectivity index (χ2v) is 6.10. The van der Waals surface area contributed by atoms with Crippen molar-refractivity contribution in [1.29, 1.82) is 0 Å². The summed E-state index contributed by atoms with van der Waals surface area (Å²) in [4.78, 5) is 0. The van der Waals surface area contributed by atoms with Crippen molar-refractivity contribution in [1.82, 2.24) is 4.72 Å². The Morgan fingerprint density at radius 3 is 2.29 bits per heavy atom.